The first-order chi connectivity index (χ1) is 8.20. The number of hydrogen-bond donors (Lipinski definition) is 2. The van der Waals surface area contributed by atoms with Crippen LogP contribution in [0.5, 0.6) is 5.75 Å². The largest absolute Gasteiger partial charge is 0.497 e. The third kappa shape index (κ3) is 2.73. The standard InChI is InChI=1S/C10H9IN4O2/c1-17-6-2-3-7(8(11)4-6)9(16)14-10-12-5-13-15-10/h2-5H,1H3,(H2,12,13,14,15,16). The number of carbonyl (C=O) groups excluding carboxylic acids is 1. The summed E-state index contributed by atoms with van der Waals surface area (Å²) in [4.78, 5) is 15.7. The van der Waals surface area contributed by atoms with Crippen molar-refractivity contribution in [2.75, 3.05) is 12.4 Å². The van der Waals surface area contributed by atoms with Crippen LogP contribution in [-0.2, 0) is 0 Å². The topological polar surface area (TPSA) is 79.9 Å². The fourth-order valence-corrected chi connectivity index (χ4v) is 1.98. The zero-order valence-corrected chi connectivity index (χ0v) is 11.1. The zero-order valence-electron chi connectivity index (χ0n) is 8.90. The predicted molar refractivity (Wildman–Crippen MR) is 70.0 cm³/mol. The molecule has 1 heterocycles. The molecule has 0 saturated carbocycles. The molecule has 0 saturated heterocycles. The minimum atomic E-state index is -0.242. The van der Waals surface area contributed by atoms with Gasteiger partial charge < -0.3 is 4.74 Å². The van der Waals surface area contributed by atoms with E-state index < -0.39 is 0 Å². The van der Waals surface area contributed by atoms with Crippen LogP contribution < -0.4 is 10.1 Å². The molecule has 0 radical (unpaired) electrons. The highest BCUT2D eigenvalue weighted by molar-refractivity contribution is 14.1. The monoisotopic (exact) mass is 344 g/mol. The Morgan fingerprint density at radius 2 is 2.35 bits per heavy atom. The van der Waals surface area contributed by atoms with Gasteiger partial charge in [0.25, 0.3) is 5.91 Å². The normalized spacial score (nSPS) is 10.0. The Hall–Kier alpha value is -1.64. The highest BCUT2D eigenvalue weighted by Crippen LogP contribution is 2.20. The number of benzene rings is 1. The number of aromatic amines is 1. The van der Waals surface area contributed by atoms with Gasteiger partial charge in [-0.2, -0.15) is 10.1 Å². The number of amides is 1. The Balaban J connectivity index is 2.19. The second kappa shape index (κ2) is 5.13. The molecule has 2 N–H and O–H groups in total. The number of H-pyrrole nitrogens is 1. The molecule has 0 aliphatic heterocycles. The van der Waals surface area contributed by atoms with Crippen molar-refractivity contribution in [2.45, 2.75) is 0 Å². The number of methoxy groups -OCH3 is 1. The lowest BCUT2D eigenvalue weighted by Crippen LogP contribution is -2.14. The van der Waals surface area contributed by atoms with Crippen molar-refractivity contribution in [3.05, 3.63) is 33.7 Å². The molecule has 0 aliphatic carbocycles. The fraction of sp³-hybridized carbons (Fsp3) is 0.100. The van der Waals surface area contributed by atoms with Crippen LogP contribution in [0.3, 0.4) is 0 Å². The summed E-state index contributed by atoms with van der Waals surface area (Å²) in [6.07, 6.45) is 1.33. The predicted octanol–water partition coefficient (Wildman–Crippen LogP) is 1.67. The second-order valence-corrected chi connectivity index (χ2v) is 4.30. The van der Waals surface area contributed by atoms with Gasteiger partial charge in [0.15, 0.2) is 0 Å². The molecule has 88 valence electrons. The Kier molecular flexibility index (Phi) is 3.57. The second-order valence-electron chi connectivity index (χ2n) is 3.13. The summed E-state index contributed by atoms with van der Waals surface area (Å²) < 4.78 is 5.88. The van der Waals surface area contributed by atoms with Crippen LogP contribution in [0, 0.1) is 3.57 Å². The van der Waals surface area contributed by atoms with Crippen LogP contribution >= 0.6 is 22.6 Å². The third-order valence-electron chi connectivity index (χ3n) is 2.07. The minimum Gasteiger partial charge on any atom is -0.497 e. The maximum Gasteiger partial charge on any atom is 0.259 e. The molecule has 0 spiro atoms. The Morgan fingerprint density at radius 1 is 1.53 bits per heavy atom. The quantitative estimate of drug-likeness (QED) is 0.831. The number of anilines is 1. The van der Waals surface area contributed by atoms with E-state index in [1.54, 1.807) is 25.3 Å². The van der Waals surface area contributed by atoms with Crippen LogP contribution in [0.25, 0.3) is 0 Å². The molecule has 1 aromatic carbocycles. The van der Waals surface area contributed by atoms with Crippen molar-refractivity contribution in [3.63, 3.8) is 0 Å². The Morgan fingerprint density at radius 3 is 2.94 bits per heavy atom. The summed E-state index contributed by atoms with van der Waals surface area (Å²) in [6.45, 7) is 0. The number of hydrogen-bond acceptors (Lipinski definition) is 4. The van der Waals surface area contributed by atoms with E-state index in [1.165, 1.54) is 6.33 Å². The summed E-state index contributed by atoms with van der Waals surface area (Å²) in [5.74, 6) is 0.793. The highest BCUT2D eigenvalue weighted by Gasteiger charge is 2.11. The van der Waals surface area contributed by atoms with E-state index in [4.69, 9.17) is 4.74 Å². The Bertz CT molecular complexity index is 527. The van der Waals surface area contributed by atoms with Gasteiger partial charge in [-0.15, -0.1) is 0 Å². The number of aromatic nitrogens is 3. The fourth-order valence-electron chi connectivity index (χ4n) is 1.25. The van der Waals surface area contributed by atoms with Gasteiger partial charge in [0.1, 0.15) is 12.1 Å². The lowest BCUT2D eigenvalue weighted by Gasteiger charge is -2.06. The van der Waals surface area contributed by atoms with E-state index in [1.807, 2.05) is 0 Å². The minimum absolute atomic E-state index is 0.242. The molecular weight excluding hydrogens is 335 g/mol. The van der Waals surface area contributed by atoms with Crippen LogP contribution in [0.4, 0.5) is 5.95 Å². The van der Waals surface area contributed by atoms with Crippen molar-refractivity contribution < 1.29 is 9.53 Å². The number of nitrogens with one attached hydrogen (secondary N) is 2. The molecule has 2 rings (SSSR count). The summed E-state index contributed by atoms with van der Waals surface area (Å²) in [5, 5.41) is 8.81. The average molecular weight is 344 g/mol. The van der Waals surface area contributed by atoms with Crippen LogP contribution in [-0.4, -0.2) is 28.2 Å². The summed E-state index contributed by atoms with van der Waals surface area (Å²) in [6, 6.07) is 5.22. The first-order valence-corrected chi connectivity index (χ1v) is 5.79. The van der Waals surface area contributed by atoms with E-state index in [0.29, 0.717) is 17.3 Å². The lowest BCUT2D eigenvalue weighted by atomic mass is 10.2. The summed E-state index contributed by atoms with van der Waals surface area (Å²) >= 11 is 2.08. The average Bonchev–Trinajstić information content (AvgIpc) is 2.81. The molecule has 1 amide bonds. The maximum absolute atomic E-state index is 11.9. The SMILES string of the molecule is COc1ccc(C(=O)Nc2ncn[nH]2)c(I)c1. The molecule has 6 nitrogen and oxygen atoms in total. The molecule has 0 aliphatic rings. The lowest BCUT2D eigenvalue weighted by molar-refractivity contribution is 0.102. The molecule has 0 atom stereocenters. The number of carbonyl (C=O) groups is 1. The van der Waals surface area contributed by atoms with Crippen molar-refractivity contribution >= 4 is 34.4 Å². The first-order valence-electron chi connectivity index (χ1n) is 4.71. The van der Waals surface area contributed by atoms with Crippen LogP contribution in [0.15, 0.2) is 24.5 Å². The van der Waals surface area contributed by atoms with Gasteiger partial charge in [-0.25, -0.2) is 5.10 Å². The summed E-state index contributed by atoms with van der Waals surface area (Å²) in [5.41, 5.74) is 0.558. The third-order valence-corrected chi connectivity index (χ3v) is 2.96. The van der Waals surface area contributed by atoms with E-state index >= 15 is 0 Å². The van der Waals surface area contributed by atoms with Crippen molar-refractivity contribution in [2.24, 2.45) is 0 Å². The van der Waals surface area contributed by atoms with Gasteiger partial charge in [-0.05, 0) is 40.8 Å². The maximum atomic E-state index is 11.9. The molecule has 1 aromatic heterocycles. The van der Waals surface area contributed by atoms with E-state index in [9.17, 15) is 4.79 Å². The molecule has 2 aromatic rings. The van der Waals surface area contributed by atoms with Gasteiger partial charge in [0, 0.05) is 3.57 Å². The van der Waals surface area contributed by atoms with Gasteiger partial charge >= 0.3 is 0 Å². The van der Waals surface area contributed by atoms with E-state index in [0.717, 1.165) is 3.57 Å². The van der Waals surface area contributed by atoms with Gasteiger partial charge in [0.05, 0.1) is 12.7 Å². The highest BCUT2D eigenvalue weighted by atomic mass is 127. The number of halogens is 1. The van der Waals surface area contributed by atoms with E-state index in [2.05, 4.69) is 43.1 Å². The van der Waals surface area contributed by atoms with E-state index in [-0.39, 0.29) is 5.91 Å². The van der Waals surface area contributed by atoms with Crippen LogP contribution in [0.1, 0.15) is 10.4 Å². The molecule has 0 unspecified atom stereocenters. The number of nitrogens with zero attached hydrogens (tertiary/aromatic N) is 2. The van der Waals surface area contributed by atoms with Crippen molar-refractivity contribution in [1.82, 2.24) is 15.2 Å². The molecule has 17 heavy (non-hydrogen) atoms. The van der Waals surface area contributed by atoms with Gasteiger partial charge in [0.2, 0.25) is 5.95 Å². The number of ether oxygens (including phenoxy) is 1. The Labute approximate surface area is 111 Å². The number of rotatable bonds is 3. The molecule has 7 heteroatoms. The smallest absolute Gasteiger partial charge is 0.259 e. The first kappa shape index (κ1) is 11.8. The van der Waals surface area contributed by atoms with Gasteiger partial charge in [-0.3, -0.25) is 10.1 Å². The molecule has 0 fully saturated rings. The summed E-state index contributed by atoms with van der Waals surface area (Å²) in [7, 11) is 1.58. The van der Waals surface area contributed by atoms with Crippen molar-refractivity contribution in [1.29, 1.82) is 0 Å². The van der Waals surface area contributed by atoms with Gasteiger partial charge in [-0.1, -0.05) is 0 Å². The molecular formula is C10H9IN4O2. The zero-order chi connectivity index (χ0) is 12.3. The van der Waals surface area contributed by atoms with Crippen molar-refractivity contribution in [3.8, 4) is 5.75 Å². The van der Waals surface area contributed by atoms with Crippen LogP contribution in [0.2, 0.25) is 0 Å². The molecule has 0 bridgehead atoms.